The lowest BCUT2D eigenvalue weighted by Gasteiger charge is -2.13. The largest absolute Gasteiger partial charge is 0.443 e. The Morgan fingerprint density at radius 2 is 2.08 bits per heavy atom. The highest BCUT2D eigenvalue weighted by Crippen LogP contribution is 2.22. The van der Waals surface area contributed by atoms with Crippen molar-refractivity contribution in [3.63, 3.8) is 0 Å². The number of halogens is 1. The zero-order valence-electron chi connectivity index (χ0n) is 15.5. The first-order chi connectivity index (χ1) is 11.4. The Kier molecular flexibility index (Phi) is 8.67. The molecule has 1 aliphatic rings. The van der Waals surface area contributed by atoms with Crippen molar-refractivity contribution < 1.29 is 9.21 Å². The summed E-state index contributed by atoms with van der Waals surface area (Å²) in [6.45, 7) is 7.42. The van der Waals surface area contributed by atoms with E-state index < -0.39 is 0 Å². The molecule has 0 spiro atoms. The van der Waals surface area contributed by atoms with Crippen molar-refractivity contribution in [3.8, 4) is 0 Å². The SMILES string of the molecule is CN=C(NCCCC(=O)NC1CC1)NCc1ncc(C(C)(C)C)o1.I. The highest BCUT2D eigenvalue weighted by Gasteiger charge is 2.22. The number of oxazole rings is 1. The van der Waals surface area contributed by atoms with Gasteiger partial charge in [0.15, 0.2) is 5.96 Å². The van der Waals surface area contributed by atoms with Gasteiger partial charge in [-0.3, -0.25) is 9.79 Å². The van der Waals surface area contributed by atoms with Crippen LogP contribution in [0.4, 0.5) is 0 Å². The van der Waals surface area contributed by atoms with Gasteiger partial charge in [-0.1, -0.05) is 20.8 Å². The van der Waals surface area contributed by atoms with Crippen LogP contribution in [0.15, 0.2) is 15.6 Å². The molecule has 25 heavy (non-hydrogen) atoms. The van der Waals surface area contributed by atoms with E-state index in [0.717, 1.165) is 25.0 Å². The van der Waals surface area contributed by atoms with Crippen LogP contribution in [-0.4, -0.2) is 36.5 Å². The Bertz CT molecular complexity index is 576. The number of aromatic nitrogens is 1. The van der Waals surface area contributed by atoms with Crippen LogP contribution in [0.3, 0.4) is 0 Å². The Morgan fingerprint density at radius 3 is 2.64 bits per heavy atom. The van der Waals surface area contributed by atoms with E-state index in [2.05, 4.69) is 46.7 Å². The third-order valence-corrected chi connectivity index (χ3v) is 3.74. The molecule has 142 valence electrons. The summed E-state index contributed by atoms with van der Waals surface area (Å²) in [4.78, 5) is 20.0. The number of carbonyl (C=O) groups excluding carboxylic acids is 1. The average Bonchev–Trinajstić information content (AvgIpc) is 3.18. The highest BCUT2D eigenvalue weighted by atomic mass is 127. The highest BCUT2D eigenvalue weighted by molar-refractivity contribution is 14.0. The smallest absolute Gasteiger partial charge is 0.220 e. The van der Waals surface area contributed by atoms with Crippen molar-refractivity contribution in [2.45, 2.75) is 64.5 Å². The maximum Gasteiger partial charge on any atom is 0.220 e. The minimum absolute atomic E-state index is 0. The Labute approximate surface area is 166 Å². The number of aliphatic imine (C=N–C) groups is 1. The summed E-state index contributed by atoms with van der Waals surface area (Å²) in [5, 5.41) is 9.34. The summed E-state index contributed by atoms with van der Waals surface area (Å²) in [6.07, 6.45) is 5.32. The van der Waals surface area contributed by atoms with Crippen molar-refractivity contribution in [2.24, 2.45) is 4.99 Å². The zero-order chi connectivity index (χ0) is 17.6. The van der Waals surface area contributed by atoms with Crippen molar-refractivity contribution >= 4 is 35.8 Å². The molecule has 1 aromatic rings. The minimum atomic E-state index is -0.0494. The van der Waals surface area contributed by atoms with Gasteiger partial charge in [-0.05, 0) is 19.3 Å². The molecular formula is C17H30IN5O2. The molecule has 1 aliphatic carbocycles. The molecule has 0 aliphatic heterocycles. The van der Waals surface area contributed by atoms with Crippen LogP contribution in [0.5, 0.6) is 0 Å². The van der Waals surface area contributed by atoms with Crippen LogP contribution in [0, 0.1) is 0 Å². The van der Waals surface area contributed by atoms with E-state index in [1.807, 2.05) is 0 Å². The Morgan fingerprint density at radius 1 is 1.36 bits per heavy atom. The van der Waals surface area contributed by atoms with Crippen LogP contribution in [-0.2, 0) is 16.8 Å². The molecule has 0 unspecified atom stereocenters. The second-order valence-corrected chi connectivity index (χ2v) is 7.17. The first-order valence-corrected chi connectivity index (χ1v) is 8.57. The third-order valence-electron chi connectivity index (χ3n) is 3.74. The normalized spacial score (nSPS) is 14.6. The molecule has 1 fully saturated rings. The number of hydrogen-bond acceptors (Lipinski definition) is 4. The summed E-state index contributed by atoms with van der Waals surface area (Å²) in [7, 11) is 1.71. The second kappa shape index (κ2) is 9.98. The van der Waals surface area contributed by atoms with Gasteiger partial charge in [0.1, 0.15) is 5.76 Å². The number of carbonyl (C=O) groups is 1. The quantitative estimate of drug-likeness (QED) is 0.250. The molecule has 0 aromatic carbocycles. The molecular weight excluding hydrogens is 433 g/mol. The standard InChI is InChI=1S/C17H29N5O2.HI/c1-17(2,3)13-10-20-15(24-13)11-21-16(18-4)19-9-5-6-14(23)22-12-7-8-12;/h10,12H,5-9,11H2,1-4H3,(H,22,23)(H2,18,19,21);1H. The fourth-order valence-electron chi connectivity index (χ4n) is 2.10. The number of rotatable bonds is 7. The fraction of sp³-hybridized carbons (Fsp3) is 0.706. The molecule has 1 amide bonds. The lowest BCUT2D eigenvalue weighted by Crippen LogP contribution is -2.37. The number of nitrogens with zero attached hydrogens (tertiary/aromatic N) is 2. The van der Waals surface area contributed by atoms with E-state index in [4.69, 9.17) is 4.42 Å². The first-order valence-electron chi connectivity index (χ1n) is 8.57. The van der Waals surface area contributed by atoms with E-state index in [1.165, 1.54) is 0 Å². The summed E-state index contributed by atoms with van der Waals surface area (Å²) < 4.78 is 5.73. The van der Waals surface area contributed by atoms with Crippen LogP contribution in [0.25, 0.3) is 0 Å². The maximum absolute atomic E-state index is 11.6. The molecule has 7 nitrogen and oxygen atoms in total. The van der Waals surface area contributed by atoms with Crippen molar-refractivity contribution in [1.29, 1.82) is 0 Å². The molecule has 1 aromatic heterocycles. The molecule has 0 saturated heterocycles. The van der Waals surface area contributed by atoms with Crippen molar-refractivity contribution in [1.82, 2.24) is 20.9 Å². The number of nitrogens with one attached hydrogen (secondary N) is 3. The van der Waals surface area contributed by atoms with Crippen LogP contribution in [0.1, 0.15) is 58.1 Å². The van der Waals surface area contributed by atoms with E-state index in [1.54, 1.807) is 13.2 Å². The van der Waals surface area contributed by atoms with Gasteiger partial charge in [0.2, 0.25) is 11.8 Å². The number of hydrogen-bond donors (Lipinski definition) is 3. The van der Waals surface area contributed by atoms with Crippen molar-refractivity contribution in [3.05, 3.63) is 17.8 Å². The summed E-state index contributed by atoms with van der Waals surface area (Å²) in [6, 6.07) is 0.429. The minimum Gasteiger partial charge on any atom is -0.443 e. The van der Waals surface area contributed by atoms with Gasteiger partial charge in [-0.2, -0.15) is 0 Å². The van der Waals surface area contributed by atoms with E-state index in [-0.39, 0.29) is 35.3 Å². The molecule has 1 heterocycles. The monoisotopic (exact) mass is 463 g/mol. The number of guanidine groups is 1. The molecule has 0 radical (unpaired) electrons. The molecule has 0 bridgehead atoms. The topological polar surface area (TPSA) is 91.5 Å². The molecule has 1 saturated carbocycles. The Hall–Kier alpha value is -1.32. The second-order valence-electron chi connectivity index (χ2n) is 7.17. The zero-order valence-corrected chi connectivity index (χ0v) is 17.8. The van der Waals surface area contributed by atoms with E-state index in [0.29, 0.717) is 37.4 Å². The van der Waals surface area contributed by atoms with E-state index >= 15 is 0 Å². The maximum atomic E-state index is 11.6. The van der Waals surface area contributed by atoms with Crippen LogP contribution < -0.4 is 16.0 Å². The molecule has 2 rings (SSSR count). The van der Waals surface area contributed by atoms with Gasteiger partial charge in [-0.15, -0.1) is 24.0 Å². The summed E-state index contributed by atoms with van der Waals surface area (Å²) in [5.41, 5.74) is -0.0494. The Balaban J connectivity index is 0.00000312. The summed E-state index contributed by atoms with van der Waals surface area (Å²) in [5.74, 6) is 2.31. The van der Waals surface area contributed by atoms with Crippen molar-refractivity contribution in [2.75, 3.05) is 13.6 Å². The van der Waals surface area contributed by atoms with E-state index in [9.17, 15) is 4.79 Å². The lowest BCUT2D eigenvalue weighted by molar-refractivity contribution is -0.121. The van der Waals surface area contributed by atoms with Crippen LogP contribution in [0.2, 0.25) is 0 Å². The molecule has 8 heteroatoms. The molecule has 3 N–H and O–H groups in total. The predicted octanol–water partition coefficient (Wildman–Crippen LogP) is 2.31. The predicted molar refractivity (Wildman–Crippen MR) is 109 cm³/mol. The van der Waals surface area contributed by atoms with Gasteiger partial charge in [0.05, 0.1) is 12.7 Å². The van der Waals surface area contributed by atoms with Gasteiger partial charge >= 0.3 is 0 Å². The van der Waals surface area contributed by atoms with Gasteiger partial charge in [0, 0.05) is 31.5 Å². The van der Waals surface area contributed by atoms with Crippen LogP contribution >= 0.6 is 24.0 Å². The average molecular weight is 463 g/mol. The summed E-state index contributed by atoms with van der Waals surface area (Å²) >= 11 is 0. The van der Waals surface area contributed by atoms with Gasteiger partial charge in [-0.25, -0.2) is 4.98 Å². The first kappa shape index (κ1) is 21.7. The van der Waals surface area contributed by atoms with Gasteiger partial charge < -0.3 is 20.4 Å². The number of amides is 1. The third kappa shape index (κ3) is 8.06. The molecule has 0 atom stereocenters. The fourth-order valence-corrected chi connectivity index (χ4v) is 2.10. The lowest BCUT2D eigenvalue weighted by atomic mass is 9.94. The van der Waals surface area contributed by atoms with Gasteiger partial charge in [0.25, 0.3) is 0 Å².